The van der Waals surface area contributed by atoms with E-state index in [0.717, 1.165) is 0 Å². The molecule has 0 amide bonds. The molecule has 0 heterocycles. The van der Waals surface area contributed by atoms with Crippen molar-refractivity contribution in [3.63, 3.8) is 0 Å². The van der Waals surface area contributed by atoms with Gasteiger partial charge in [-0.25, -0.2) is 0 Å². The Morgan fingerprint density at radius 3 is 0.333 bits per heavy atom. The summed E-state index contributed by atoms with van der Waals surface area (Å²) in [6, 6.07) is 0. The molecule has 0 aliphatic heterocycles. The maximum atomic E-state index is 0. The molecule has 48 valence electrons. The second-order valence-electron chi connectivity index (χ2n) is 0. The van der Waals surface area contributed by atoms with Crippen molar-refractivity contribution in [3.05, 3.63) is 0 Å². The van der Waals surface area contributed by atoms with E-state index in [2.05, 4.69) is 0 Å². The lowest BCUT2D eigenvalue weighted by molar-refractivity contribution is 5.85. The van der Waals surface area contributed by atoms with E-state index in [1.54, 1.807) is 0 Å². The van der Waals surface area contributed by atoms with Crippen LogP contribution in [0.2, 0.25) is 0 Å². The van der Waals surface area contributed by atoms with E-state index in [-0.39, 0.29) is 76.6 Å². The summed E-state index contributed by atoms with van der Waals surface area (Å²) in [6.45, 7) is 0. The smallest absolute Gasteiger partial charge is 0.147 e. The van der Waals surface area contributed by atoms with Crippen LogP contribution in [0.5, 0.6) is 0 Å². The normalized spacial score (nSPS) is 0. The van der Waals surface area contributed by atoms with Crippen LogP contribution in [0.3, 0.4) is 0 Å². The molecule has 0 nitrogen and oxygen atoms in total. The van der Waals surface area contributed by atoms with Crippen LogP contribution in [-0.4, -0.2) is 0 Å². The molecule has 0 N–H and O–H groups in total. The van der Waals surface area contributed by atoms with Crippen molar-refractivity contribution in [1.29, 1.82) is 0 Å². The van der Waals surface area contributed by atoms with Gasteiger partial charge in [-0.15, -0.1) is 49.6 Å². The van der Waals surface area contributed by atoms with Gasteiger partial charge in [0.2, 0.25) is 0 Å². The Labute approximate surface area is 76.4 Å². The van der Waals surface area contributed by atoms with Crippen molar-refractivity contribution in [2.45, 2.75) is 0 Å². The van der Waals surface area contributed by atoms with Crippen LogP contribution in [-0.2, 0) is 0 Å². The summed E-state index contributed by atoms with van der Waals surface area (Å²) in [5, 5.41) is 0. The maximum Gasteiger partial charge on any atom is -0.147 e. The minimum absolute atomic E-state index is 0. The third kappa shape index (κ3) is 40.0. The minimum Gasteiger partial charge on any atom is -0.197 e. The molecule has 0 saturated heterocycles. The average Bonchev–Trinajstić information content (AvgIpc) is 0. The number of halogens is 4. The third-order valence-corrected chi connectivity index (χ3v) is 0. The predicted octanol–water partition coefficient (Wildman–Crippen LogP) is 1.91. The van der Waals surface area contributed by atoms with Crippen LogP contribution < -0.4 is 0 Å². The minimum atomic E-state index is 0. The van der Waals surface area contributed by atoms with Crippen LogP contribution in [0.4, 0.5) is 0 Å². The SMILES string of the molecule is Cl.Cl.Cl.Cl.S.S. The van der Waals surface area contributed by atoms with E-state index in [9.17, 15) is 0 Å². The molecule has 6 heavy (non-hydrogen) atoms. The van der Waals surface area contributed by atoms with Gasteiger partial charge in [0.05, 0.1) is 0 Å². The summed E-state index contributed by atoms with van der Waals surface area (Å²) >= 11 is 0. The van der Waals surface area contributed by atoms with Crippen LogP contribution in [0, 0.1) is 0 Å². The first-order valence-electron chi connectivity index (χ1n) is 0. The molecule has 0 aromatic rings. The van der Waals surface area contributed by atoms with Crippen LogP contribution in [0.1, 0.15) is 0 Å². The average molecular weight is 214 g/mol. The van der Waals surface area contributed by atoms with Gasteiger partial charge in [0.15, 0.2) is 0 Å². The predicted molar refractivity (Wildman–Crippen MR) is 49.8 cm³/mol. The number of hydrogen-bond acceptors (Lipinski definition) is 0. The van der Waals surface area contributed by atoms with Gasteiger partial charge in [-0.1, -0.05) is 0 Å². The molecule has 0 aliphatic carbocycles. The van der Waals surface area contributed by atoms with Crippen molar-refractivity contribution >= 4 is 76.6 Å². The van der Waals surface area contributed by atoms with E-state index in [1.165, 1.54) is 0 Å². The van der Waals surface area contributed by atoms with Gasteiger partial charge in [-0.3, -0.25) is 0 Å². The Bertz CT molecular complexity index is 5.51. The largest absolute Gasteiger partial charge is 0.197 e. The van der Waals surface area contributed by atoms with Gasteiger partial charge >= 0.3 is 0 Å². The maximum absolute atomic E-state index is 0. The summed E-state index contributed by atoms with van der Waals surface area (Å²) in [4.78, 5) is 0. The second kappa shape index (κ2) is 68.1. The topological polar surface area (TPSA) is 0 Å². The summed E-state index contributed by atoms with van der Waals surface area (Å²) in [7, 11) is 0. The summed E-state index contributed by atoms with van der Waals surface area (Å²) in [5.41, 5.74) is 0. The Balaban J connectivity index is 0. The Hall–Kier alpha value is 1.86. The molecule has 0 aromatic heterocycles. The molecule has 0 unspecified atom stereocenters. The van der Waals surface area contributed by atoms with Crippen molar-refractivity contribution in [3.8, 4) is 0 Å². The molecule has 6 heteroatoms. The summed E-state index contributed by atoms with van der Waals surface area (Å²) in [6.07, 6.45) is 0. The third-order valence-electron chi connectivity index (χ3n) is 0. The number of rotatable bonds is 0. The zero-order chi connectivity index (χ0) is 0. The molecule has 0 aliphatic rings. The van der Waals surface area contributed by atoms with Crippen molar-refractivity contribution < 1.29 is 0 Å². The van der Waals surface area contributed by atoms with Gasteiger partial charge in [0.25, 0.3) is 0 Å². The Kier molecular flexibility index (Phi) is 1210. The molecule has 0 fully saturated rings. The zero-order valence-corrected chi connectivity index (χ0v) is 7.90. The summed E-state index contributed by atoms with van der Waals surface area (Å²) in [5.74, 6) is 0. The lowest BCUT2D eigenvalue weighted by Gasteiger charge is -0.198. The molecular weight excluding hydrogens is 206 g/mol. The van der Waals surface area contributed by atoms with E-state index >= 15 is 0 Å². The van der Waals surface area contributed by atoms with Gasteiger partial charge in [-0.05, 0) is 0 Å². The molecular formula is H8Cl4S2. The Morgan fingerprint density at radius 1 is 0.333 bits per heavy atom. The fourth-order valence-electron chi connectivity index (χ4n) is 0. The van der Waals surface area contributed by atoms with Gasteiger partial charge in [0, 0.05) is 0 Å². The number of hydrogen-bond donors (Lipinski definition) is 0. The molecule has 0 aromatic carbocycles. The first-order chi connectivity index (χ1) is 0. The summed E-state index contributed by atoms with van der Waals surface area (Å²) < 4.78 is 0. The highest BCUT2D eigenvalue weighted by Crippen LogP contribution is 0.693. The quantitative estimate of drug-likeness (QED) is 0.577. The molecule has 0 spiro atoms. The lowest BCUT2D eigenvalue weighted by Crippen LogP contribution is 0.647. The van der Waals surface area contributed by atoms with Crippen LogP contribution in [0.25, 0.3) is 0 Å². The second-order valence-corrected chi connectivity index (χ2v) is 0. The van der Waals surface area contributed by atoms with E-state index in [0.29, 0.717) is 0 Å². The molecule has 0 atom stereocenters. The van der Waals surface area contributed by atoms with Gasteiger partial charge in [-0.2, -0.15) is 27.0 Å². The first kappa shape index (κ1) is 107. The zero-order valence-electron chi connectivity index (χ0n) is 2.63. The van der Waals surface area contributed by atoms with E-state index in [1.807, 2.05) is 0 Å². The molecule has 0 saturated carbocycles. The van der Waals surface area contributed by atoms with Crippen molar-refractivity contribution in [2.75, 3.05) is 0 Å². The highest BCUT2D eigenvalue weighted by atomic mass is 35.5. The highest BCUT2D eigenvalue weighted by molar-refractivity contribution is 7.59. The van der Waals surface area contributed by atoms with Crippen molar-refractivity contribution in [2.24, 2.45) is 0 Å². The van der Waals surface area contributed by atoms with Gasteiger partial charge < -0.3 is 0 Å². The van der Waals surface area contributed by atoms with Crippen LogP contribution in [0.15, 0.2) is 0 Å². The lowest BCUT2D eigenvalue weighted by atomic mass is 32.1. The van der Waals surface area contributed by atoms with Crippen molar-refractivity contribution in [1.82, 2.24) is 0 Å². The van der Waals surface area contributed by atoms with E-state index in [4.69, 9.17) is 0 Å². The molecule has 0 bridgehead atoms. The van der Waals surface area contributed by atoms with E-state index < -0.39 is 0 Å². The van der Waals surface area contributed by atoms with Crippen LogP contribution >= 0.6 is 76.6 Å². The first-order valence-corrected chi connectivity index (χ1v) is 0. The highest BCUT2D eigenvalue weighted by Gasteiger charge is -0.143. The van der Waals surface area contributed by atoms with Gasteiger partial charge in [0.1, 0.15) is 0 Å². The fourth-order valence-corrected chi connectivity index (χ4v) is 0. The fraction of sp³-hybridized carbons (Fsp3) is 0. The molecule has 0 rings (SSSR count). The monoisotopic (exact) mass is 212 g/mol. The standard InChI is InChI=1S/4ClH.2H2S/h4*1H;2*1H2. The molecule has 0 radical (unpaired) electrons. The Morgan fingerprint density at radius 2 is 0.333 bits per heavy atom.